The number of hydrogen-bond acceptors (Lipinski definition) is 3. The van der Waals surface area contributed by atoms with Crippen molar-refractivity contribution >= 4 is 0 Å². The van der Waals surface area contributed by atoms with Crippen LogP contribution in [0.2, 0.25) is 0 Å². The second-order valence-electron chi connectivity index (χ2n) is 5.47. The quantitative estimate of drug-likeness (QED) is 0.917. The van der Waals surface area contributed by atoms with Crippen LogP contribution < -0.4 is 10.1 Å². The molecule has 0 amide bonds. The summed E-state index contributed by atoms with van der Waals surface area (Å²) in [5, 5.41) is 12.7. The van der Waals surface area contributed by atoms with Gasteiger partial charge in [0.2, 0.25) is 0 Å². The number of nitrogens with one attached hydrogen (secondary N) is 1. The zero-order valence-corrected chi connectivity index (χ0v) is 12.1. The molecule has 1 aliphatic rings. The standard InChI is InChI=1S/C16H21FN2O/c1-3-19-16(11-18)8-4-5-14(10-16)20-13-7-6-12(2)15(17)9-13/h6-7,9,14,19H,3-5,8,10H2,1-2H3. The van der Waals surface area contributed by atoms with Gasteiger partial charge in [0.1, 0.15) is 23.2 Å². The van der Waals surface area contributed by atoms with Gasteiger partial charge in [0.15, 0.2) is 0 Å². The SMILES string of the molecule is CCNC1(C#N)CCCC(Oc2ccc(C)c(F)c2)C1. The molecule has 20 heavy (non-hydrogen) atoms. The van der Waals surface area contributed by atoms with Gasteiger partial charge in [-0.05, 0) is 44.4 Å². The van der Waals surface area contributed by atoms with Gasteiger partial charge in [0, 0.05) is 12.5 Å². The molecule has 108 valence electrons. The van der Waals surface area contributed by atoms with Crippen LogP contribution in [0.3, 0.4) is 0 Å². The van der Waals surface area contributed by atoms with Gasteiger partial charge in [-0.1, -0.05) is 13.0 Å². The molecule has 0 spiro atoms. The lowest BCUT2D eigenvalue weighted by Gasteiger charge is -2.36. The van der Waals surface area contributed by atoms with E-state index >= 15 is 0 Å². The molecule has 2 rings (SSSR count). The Bertz CT molecular complexity index is 508. The highest BCUT2D eigenvalue weighted by Crippen LogP contribution is 2.31. The Hall–Kier alpha value is -1.60. The van der Waals surface area contributed by atoms with Crippen LogP contribution in [0.15, 0.2) is 18.2 Å². The Balaban J connectivity index is 2.06. The third kappa shape index (κ3) is 3.29. The minimum absolute atomic E-state index is 0.0374. The van der Waals surface area contributed by atoms with Crippen LogP contribution in [0.5, 0.6) is 5.75 Å². The molecular weight excluding hydrogens is 255 g/mol. The Labute approximate surface area is 119 Å². The molecule has 1 N–H and O–H groups in total. The molecular formula is C16H21FN2O. The Morgan fingerprint density at radius 1 is 1.55 bits per heavy atom. The van der Waals surface area contributed by atoms with E-state index in [0.29, 0.717) is 17.7 Å². The molecule has 1 saturated carbocycles. The van der Waals surface area contributed by atoms with Crippen LogP contribution in [0, 0.1) is 24.1 Å². The summed E-state index contributed by atoms with van der Waals surface area (Å²) in [7, 11) is 0. The molecule has 3 nitrogen and oxygen atoms in total. The van der Waals surface area contributed by atoms with Gasteiger partial charge in [-0.25, -0.2) is 4.39 Å². The molecule has 1 aromatic carbocycles. The average molecular weight is 276 g/mol. The van der Waals surface area contributed by atoms with Crippen LogP contribution in [-0.2, 0) is 0 Å². The van der Waals surface area contributed by atoms with Crippen LogP contribution in [0.4, 0.5) is 4.39 Å². The molecule has 0 bridgehead atoms. The van der Waals surface area contributed by atoms with Gasteiger partial charge in [-0.2, -0.15) is 5.26 Å². The van der Waals surface area contributed by atoms with Gasteiger partial charge in [0.05, 0.1) is 6.07 Å². The van der Waals surface area contributed by atoms with Crippen molar-refractivity contribution in [1.29, 1.82) is 5.26 Å². The maximum Gasteiger partial charge on any atom is 0.129 e. The van der Waals surface area contributed by atoms with E-state index in [9.17, 15) is 9.65 Å². The van der Waals surface area contributed by atoms with E-state index in [1.807, 2.05) is 6.92 Å². The van der Waals surface area contributed by atoms with Crippen molar-refractivity contribution in [2.24, 2.45) is 0 Å². The lowest BCUT2D eigenvalue weighted by Crippen LogP contribution is -2.49. The van der Waals surface area contributed by atoms with Crippen molar-refractivity contribution < 1.29 is 9.13 Å². The summed E-state index contributed by atoms with van der Waals surface area (Å²) in [6.07, 6.45) is 3.31. The van der Waals surface area contributed by atoms with E-state index in [1.54, 1.807) is 19.1 Å². The first-order valence-electron chi connectivity index (χ1n) is 7.17. The fraction of sp³-hybridized carbons (Fsp3) is 0.562. The van der Waals surface area contributed by atoms with Gasteiger partial charge >= 0.3 is 0 Å². The van der Waals surface area contributed by atoms with Gasteiger partial charge in [-0.3, -0.25) is 5.32 Å². The molecule has 1 aromatic rings. The third-order valence-electron chi connectivity index (χ3n) is 3.88. The molecule has 4 heteroatoms. The van der Waals surface area contributed by atoms with E-state index in [-0.39, 0.29) is 11.9 Å². The number of rotatable bonds is 4. The van der Waals surface area contributed by atoms with Crippen LogP contribution in [0.25, 0.3) is 0 Å². The number of nitriles is 1. The highest BCUT2D eigenvalue weighted by Gasteiger charge is 2.36. The summed E-state index contributed by atoms with van der Waals surface area (Å²) in [6.45, 7) is 4.49. The highest BCUT2D eigenvalue weighted by molar-refractivity contribution is 5.28. The predicted molar refractivity (Wildman–Crippen MR) is 76.0 cm³/mol. The van der Waals surface area contributed by atoms with Crippen molar-refractivity contribution in [2.45, 2.75) is 51.2 Å². The summed E-state index contributed by atoms with van der Waals surface area (Å²) in [5.74, 6) is 0.292. The smallest absolute Gasteiger partial charge is 0.129 e. The van der Waals surface area contributed by atoms with Crippen molar-refractivity contribution in [2.75, 3.05) is 6.54 Å². The minimum atomic E-state index is -0.499. The summed E-state index contributed by atoms with van der Waals surface area (Å²) < 4.78 is 19.4. The largest absolute Gasteiger partial charge is 0.490 e. The summed E-state index contributed by atoms with van der Waals surface area (Å²) in [5.41, 5.74) is 0.112. The van der Waals surface area contributed by atoms with Gasteiger partial charge in [-0.15, -0.1) is 0 Å². The van der Waals surface area contributed by atoms with E-state index in [2.05, 4.69) is 11.4 Å². The maximum atomic E-state index is 13.5. The van der Waals surface area contributed by atoms with Crippen molar-refractivity contribution in [3.05, 3.63) is 29.6 Å². The van der Waals surface area contributed by atoms with Crippen molar-refractivity contribution in [3.63, 3.8) is 0 Å². The van der Waals surface area contributed by atoms with E-state index in [1.165, 1.54) is 6.07 Å². The number of benzene rings is 1. The molecule has 0 aromatic heterocycles. The Kier molecular flexibility index (Phi) is 4.61. The first kappa shape index (κ1) is 14.8. The number of nitrogens with zero attached hydrogens (tertiary/aromatic N) is 1. The molecule has 0 saturated heterocycles. The Morgan fingerprint density at radius 3 is 3.00 bits per heavy atom. The van der Waals surface area contributed by atoms with Crippen molar-refractivity contribution in [3.8, 4) is 11.8 Å². The predicted octanol–water partition coefficient (Wildman–Crippen LogP) is 3.33. The summed E-state index contributed by atoms with van der Waals surface area (Å²) in [6, 6.07) is 7.31. The second kappa shape index (κ2) is 6.23. The normalized spacial score (nSPS) is 26.0. The number of halogens is 1. The van der Waals surface area contributed by atoms with Crippen LogP contribution in [-0.4, -0.2) is 18.2 Å². The zero-order chi connectivity index (χ0) is 14.6. The number of aryl methyl sites for hydroxylation is 1. The molecule has 2 unspecified atom stereocenters. The van der Waals surface area contributed by atoms with E-state index in [0.717, 1.165) is 25.8 Å². The molecule has 0 aliphatic heterocycles. The fourth-order valence-corrected chi connectivity index (χ4v) is 2.80. The lowest BCUT2D eigenvalue weighted by molar-refractivity contribution is 0.113. The van der Waals surface area contributed by atoms with Crippen LogP contribution >= 0.6 is 0 Å². The third-order valence-corrected chi connectivity index (χ3v) is 3.88. The molecule has 0 radical (unpaired) electrons. The first-order chi connectivity index (χ1) is 9.58. The molecule has 0 heterocycles. The minimum Gasteiger partial charge on any atom is -0.490 e. The number of hydrogen-bond donors (Lipinski definition) is 1. The van der Waals surface area contributed by atoms with Gasteiger partial charge in [0.25, 0.3) is 0 Å². The number of ether oxygens (including phenoxy) is 1. The average Bonchev–Trinajstić information content (AvgIpc) is 2.44. The summed E-state index contributed by atoms with van der Waals surface area (Å²) in [4.78, 5) is 0. The molecule has 1 fully saturated rings. The fourth-order valence-electron chi connectivity index (χ4n) is 2.80. The molecule has 2 atom stereocenters. The highest BCUT2D eigenvalue weighted by atomic mass is 19.1. The monoisotopic (exact) mass is 276 g/mol. The zero-order valence-electron chi connectivity index (χ0n) is 12.1. The van der Waals surface area contributed by atoms with Crippen molar-refractivity contribution in [1.82, 2.24) is 5.32 Å². The summed E-state index contributed by atoms with van der Waals surface area (Å²) >= 11 is 0. The first-order valence-corrected chi connectivity index (χ1v) is 7.17. The van der Waals surface area contributed by atoms with Crippen LogP contribution in [0.1, 0.15) is 38.2 Å². The maximum absolute atomic E-state index is 13.5. The Morgan fingerprint density at radius 2 is 2.35 bits per heavy atom. The van der Waals surface area contributed by atoms with E-state index < -0.39 is 5.54 Å². The van der Waals surface area contributed by atoms with E-state index in [4.69, 9.17) is 4.74 Å². The molecule has 1 aliphatic carbocycles. The van der Waals surface area contributed by atoms with Gasteiger partial charge < -0.3 is 4.74 Å². The topological polar surface area (TPSA) is 45.0 Å². The lowest BCUT2D eigenvalue weighted by atomic mass is 9.81. The second-order valence-corrected chi connectivity index (χ2v) is 5.47.